The maximum atomic E-state index is 13.1. The number of nitrogens with one attached hydrogen (secondary N) is 3. The van der Waals surface area contributed by atoms with Gasteiger partial charge >= 0.3 is 5.97 Å². The van der Waals surface area contributed by atoms with Crippen molar-refractivity contribution >= 4 is 40.1 Å². The van der Waals surface area contributed by atoms with Crippen molar-refractivity contribution < 1.29 is 14.3 Å². The second-order valence-electron chi connectivity index (χ2n) is 8.97. The van der Waals surface area contributed by atoms with E-state index in [-0.39, 0.29) is 23.8 Å². The Hall–Kier alpha value is -3.75. The van der Waals surface area contributed by atoms with Gasteiger partial charge in [-0.3, -0.25) is 14.6 Å². The molecule has 2 aliphatic carbocycles. The molecule has 3 heterocycles. The van der Waals surface area contributed by atoms with Crippen LogP contribution in [0, 0.1) is 5.92 Å². The van der Waals surface area contributed by atoms with Crippen LogP contribution in [-0.4, -0.2) is 46.0 Å². The number of amides is 1. The first kappa shape index (κ1) is 22.1. The molecule has 9 heteroatoms. The number of aromatic nitrogens is 3. The summed E-state index contributed by atoms with van der Waals surface area (Å²) in [6.45, 7) is 0. The van der Waals surface area contributed by atoms with E-state index >= 15 is 0 Å². The lowest BCUT2D eigenvalue weighted by Gasteiger charge is -2.27. The molecule has 0 bridgehead atoms. The Morgan fingerprint density at radius 2 is 1.76 bits per heavy atom. The van der Waals surface area contributed by atoms with Crippen molar-refractivity contribution in [3.05, 3.63) is 48.4 Å². The maximum absolute atomic E-state index is 13.1. The number of fused-ring (bicyclic) bond motifs is 1. The van der Waals surface area contributed by atoms with Crippen LogP contribution in [0.1, 0.15) is 48.9 Å². The van der Waals surface area contributed by atoms with E-state index in [1.807, 2.05) is 24.3 Å². The molecule has 0 atom stereocenters. The topological polar surface area (TPSA) is 118 Å². The smallest absolute Gasteiger partial charge is 0.308 e. The predicted octanol–water partition coefficient (Wildman–Crippen LogP) is 3.80. The Morgan fingerprint density at radius 3 is 2.53 bits per heavy atom. The Kier molecular flexibility index (Phi) is 6.24. The molecule has 0 aromatic carbocycles. The molecule has 5 rings (SSSR count). The van der Waals surface area contributed by atoms with Crippen LogP contribution in [0.2, 0.25) is 0 Å². The lowest BCUT2D eigenvalue weighted by atomic mass is 9.86. The van der Waals surface area contributed by atoms with Crippen molar-refractivity contribution in [3.8, 4) is 0 Å². The van der Waals surface area contributed by atoms with Gasteiger partial charge in [-0.25, -0.2) is 9.97 Å². The average molecular weight is 461 g/mol. The number of nitrogens with zero attached hydrogens (tertiary/aromatic N) is 3. The van der Waals surface area contributed by atoms with Crippen molar-refractivity contribution in [2.45, 2.75) is 50.6 Å². The predicted molar refractivity (Wildman–Crippen MR) is 129 cm³/mol. The molecular weight excluding hydrogens is 432 g/mol. The van der Waals surface area contributed by atoms with E-state index in [2.05, 4.69) is 30.9 Å². The highest BCUT2D eigenvalue weighted by atomic mass is 16.5. The number of ether oxygens (including phenoxy) is 1. The van der Waals surface area contributed by atoms with Crippen LogP contribution < -0.4 is 16.0 Å². The standard InChI is InChI=1S/C25H28N6O3/c1-34-25(33)15-2-5-18(6-3-15)29-24(32)19-14-27-23(12-21(19)28-17-7-8-17)31-22-9-4-16-13-26-11-10-20(16)30-22/h4,9-15,17-18H,2-3,5-8H2,1H3,(H,29,32)(H2,27,28,30,31)/t15-,18-. The van der Waals surface area contributed by atoms with Gasteiger partial charge in [0.15, 0.2) is 0 Å². The third-order valence-corrected chi connectivity index (χ3v) is 6.43. The van der Waals surface area contributed by atoms with E-state index in [4.69, 9.17) is 4.74 Å². The third-order valence-electron chi connectivity index (χ3n) is 6.43. The Balaban J connectivity index is 1.29. The zero-order valence-corrected chi connectivity index (χ0v) is 19.1. The first-order chi connectivity index (χ1) is 16.6. The summed E-state index contributed by atoms with van der Waals surface area (Å²) in [4.78, 5) is 38.1. The molecule has 3 aromatic rings. The summed E-state index contributed by atoms with van der Waals surface area (Å²) < 4.78 is 4.85. The molecule has 9 nitrogen and oxygen atoms in total. The van der Waals surface area contributed by atoms with Crippen LogP contribution in [0.5, 0.6) is 0 Å². The van der Waals surface area contributed by atoms with E-state index in [0.717, 1.165) is 55.1 Å². The summed E-state index contributed by atoms with van der Waals surface area (Å²) in [5.41, 5.74) is 2.12. The molecule has 3 aromatic heterocycles. The van der Waals surface area contributed by atoms with Gasteiger partial charge in [0.2, 0.25) is 0 Å². The minimum Gasteiger partial charge on any atom is -0.469 e. The van der Waals surface area contributed by atoms with Gasteiger partial charge in [0.25, 0.3) is 5.91 Å². The fourth-order valence-corrected chi connectivity index (χ4v) is 4.34. The average Bonchev–Trinajstić information content (AvgIpc) is 3.68. The lowest BCUT2D eigenvalue weighted by molar-refractivity contribution is -0.146. The summed E-state index contributed by atoms with van der Waals surface area (Å²) in [7, 11) is 1.42. The molecule has 3 N–H and O–H groups in total. The number of carbonyl (C=O) groups is 2. The fraction of sp³-hybridized carbons (Fsp3) is 0.400. The molecule has 0 unspecified atom stereocenters. The highest BCUT2D eigenvalue weighted by molar-refractivity contribution is 6.00. The number of pyridine rings is 3. The molecule has 176 valence electrons. The molecule has 0 spiro atoms. The summed E-state index contributed by atoms with van der Waals surface area (Å²) in [6, 6.07) is 7.97. The fourth-order valence-electron chi connectivity index (χ4n) is 4.34. The van der Waals surface area contributed by atoms with Gasteiger partial charge in [0, 0.05) is 42.1 Å². The van der Waals surface area contributed by atoms with Crippen LogP contribution in [0.3, 0.4) is 0 Å². The summed E-state index contributed by atoms with van der Waals surface area (Å²) >= 11 is 0. The molecule has 0 radical (unpaired) electrons. The van der Waals surface area contributed by atoms with Gasteiger partial charge in [-0.1, -0.05) is 0 Å². The van der Waals surface area contributed by atoms with Crippen molar-refractivity contribution in [2.24, 2.45) is 5.92 Å². The van der Waals surface area contributed by atoms with Crippen molar-refractivity contribution in [3.63, 3.8) is 0 Å². The number of hydrogen-bond acceptors (Lipinski definition) is 8. The van der Waals surface area contributed by atoms with Crippen molar-refractivity contribution in [1.82, 2.24) is 20.3 Å². The number of rotatable bonds is 7. The Labute approximate surface area is 197 Å². The van der Waals surface area contributed by atoms with Gasteiger partial charge in [0.05, 0.1) is 29.8 Å². The molecular formula is C25H28N6O3. The van der Waals surface area contributed by atoms with Crippen LogP contribution >= 0.6 is 0 Å². The molecule has 1 amide bonds. The van der Waals surface area contributed by atoms with Crippen molar-refractivity contribution in [2.75, 3.05) is 17.7 Å². The van der Waals surface area contributed by atoms with Crippen LogP contribution in [0.4, 0.5) is 17.3 Å². The minimum absolute atomic E-state index is 0.0382. The highest BCUT2D eigenvalue weighted by Crippen LogP contribution is 2.30. The van der Waals surface area contributed by atoms with Gasteiger partial charge in [-0.15, -0.1) is 0 Å². The third kappa shape index (κ3) is 5.08. The number of methoxy groups -OCH3 is 1. The number of carbonyl (C=O) groups excluding carboxylic acids is 2. The normalized spacial score (nSPS) is 19.9. The first-order valence-electron chi connectivity index (χ1n) is 11.7. The highest BCUT2D eigenvalue weighted by Gasteiger charge is 2.29. The molecule has 2 saturated carbocycles. The number of anilines is 3. The lowest BCUT2D eigenvalue weighted by Crippen LogP contribution is -2.39. The summed E-state index contributed by atoms with van der Waals surface area (Å²) in [6.07, 6.45) is 10.2. The monoisotopic (exact) mass is 460 g/mol. The van der Waals surface area contributed by atoms with Crippen LogP contribution in [0.25, 0.3) is 10.9 Å². The van der Waals surface area contributed by atoms with Gasteiger partial charge in [-0.05, 0) is 56.7 Å². The Bertz CT molecular complexity index is 1200. The van der Waals surface area contributed by atoms with E-state index in [1.165, 1.54) is 7.11 Å². The second-order valence-corrected chi connectivity index (χ2v) is 8.97. The van der Waals surface area contributed by atoms with Crippen LogP contribution in [0.15, 0.2) is 42.9 Å². The second kappa shape index (κ2) is 9.62. The number of esters is 1. The van der Waals surface area contributed by atoms with Gasteiger partial charge < -0.3 is 20.7 Å². The zero-order chi connectivity index (χ0) is 23.5. The van der Waals surface area contributed by atoms with Crippen molar-refractivity contribution in [1.29, 1.82) is 0 Å². The zero-order valence-electron chi connectivity index (χ0n) is 19.1. The SMILES string of the molecule is COC(=O)[C@H]1CC[C@H](NC(=O)c2cnc(Nc3ccc4cnccc4n3)cc2NC2CC2)CC1. The number of hydrogen-bond donors (Lipinski definition) is 3. The summed E-state index contributed by atoms with van der Waals surface area (Å²) in [5.74, 6) is 0.894. The molecule has 2 aliphatic rings. The van der Waals surface area contributed by atoms with E-state index < -0.39 is 0 Å². The van der Waals surface area contributed by atoms with E-state index in [9.17, 15) is 9.59 Å². The molecule has 0 saturated heterocycles. The quantitative estimate of drug-likeness (QED) is 0.456. The first-order valence-corrected chi connectivity index (χ1v) is 11.7. The van der Waals surface area contributed by atoms with E-state index in [1.54, 1.807) is 18.6 Å². The van der Waals surface area contributed by atoms with Crippen LogP contribution in [-0.2, 0) is 9.53 Å². The maximum Gasteiger partial charge on any atom is 0.308 e. The molecule has 2 fully saturated rings. The van der Waals surface area contributed by atoms with Gasteiger partial charge in [0.1, 0.15) is 11.6 Å². The Morgan fingerprint density at radius 1 is 0.971 bits per heavy atom. The summed E-state index contributed by atoms with van der Waals surface area (Å²) in [5, 5.41) is 10.8. The minimum atomic E-state index is -0.162. The van der Waals surface area contributed by atoms with Gasteiger partial charge in [-0.2, -0.15) is 0 Å². The molecule has 0 aliphatic heterocycles. The van der Waals surface area contributed by atoms with E-state index in [0.29, 0.717) is 23.2 Å². The molecule has 34 heavy (non-hydrogen) atoms. The largest absolute Gasteiger partial charge is 0.469 e.